The summed E-state index contributed by atoms with van der Waals surface area (Å²) in [7, 11) is 0. The van der Waals surface area contributed by atoms with Gasteiger partial charge in [0.2, 0.25) is 0 Å². The van der Waals surface area contributed by atoms with Crippen LogP contribution in [0.15, 0.2) is 42.5 Å². The lowest BCUT2D eigenvalue weighted by Gasteiger charge is -2.48. The highest BCUT2D eigenvalue weighted by Gasteiger charge is 2.59. The van der Waals surface area contributed by atoms with Gasteiger partial charge in [0, 0.05) is 11.8 Å². The zero-order valence-electron chi connectivity index (χ0n) is 8.81. The summed E-state index contributed by atoms with van der Waals surface area (Å²) in [5.41, 5.74) is 0.918. The van der Waals surface area contributed by atoms with Crippen molar-refractivity contribution in [2.24, 2.45) is 11.8 Å². The molecule has 2 aliphatic carbocycles. The van der Waals surface area contributed by atoms with E-state index in [1.54, 1.807) is 0 Å². The van der Waals surface area contributed by atoms with E-state index >= 15 is 0 Å². The van der Waals surface area contributed by atoms with Crippen LogP contribution in [0.5, 0.6) is 0 Å². The second kappa shape index (κ2) is 2.82. The number of hydrogen-bond acceptors (Lipinski definition) is 1. The molecule has 0 bridgehead atoms. The monoisotopic (exact) mass is 198 g/mol. The molecule has 1 aromatic rings. The van der Waals surface area contributed by atoms with Crippen molar-refractivity contribution >= 4 is 5.78 Å². The van der Waals surface area contributed by atoms with Gasteiger partial charge in [0.05, 0.1) is 5.41 Å². The first kappa shape index (κ1) is 8.90. The molecule has 1 nitrogen and oxygen atoms in total. The number of rotatable bonds is 1. The summed E-state index contributed by atoms with van der Waals surface area (Å²) >= 11 is 0. The Hall–Kier alpha value is -1.37. The molecule has 0 unspecified atom stereocenters. The third-order valence-corrected chi connectivity index (χ3v) is 4.06. The SMILES string of the molecule is C[C@@]1(c2ccccc2)C(=O)[C@@H]2CC=C[C@@H]21. The Balaban J connectivity index is 2.05. The molecule has 15 heavy (non-hydrogen) atoms. The fourth-order valence-corrected chi connectivity index (χ4v) is 3.09. The summed E-state index contributed by atoms with van der Waals surface area (Å²) in [4.78, 5) is 12.1. The summed E-state index contributed by atoms with van der Waals surface area (Å²) in [5.74, 6) is 1.13. The van der Waals surface area contributed by atoms with Crippen LogP contribution in [0.4, 0.5) is 0 Å². The van der Waals surface area contributed by atoms with Gasteiger partial charge in [-0.3, -0.25) is 4.79 Å². The van der Waals surface area contributed by atoms with Crippen LogP contribution in [0.2, 0.25) is 0 Å². The number of fused-ring (bicyclic) bond motifs is 1. The Labute approximate surface area is 89.8 Å². The first-order valence-electron chi connectivity index (χ1n) is 5.51. The zero-order chi connectivity index (χ0) is 10.5. The van der Waals surface area contributed by atoms with Crippen LogP contribution in [0.3, 0.4) is 0 Å². The van der Waals surface area contributed by atoms with Gasteiger partial charge < -0.3 is 0 Å². The van der Waals surface area contributed by atoms with Crippen LogP contribution in [0.1, 0.15) is 18.9 Å². The smallest absolute Gasteiger partial charge is 0.147 e. The van der Waals surface area contributed by atoms with Crippen molar-refractivity contribution in [2.75, 3.05) is 0 Å². The van der Waals surface area contributed by atoms with Crippen LogP contribution in [-0.2, 0) is 10.2 Å². The predicted octanol–water partition coefficient (Wildman–Crippen LogP) is 2.72. The van der Waals surface area contributed by atoms with Crippen molar-refractivity contribution in [3.63, 3.8) is 0 Å². The lowest BCUT2D eigenvalue weighted by atomic mass is 9.52. The number of carbonyl (C=O) groups is 1. The zero-order valence-corrected chi connectivity index (χ0v) is 8.81. The maximum absolute atomic E-state index is 12.1. The molecule has 0 spiro atoms. The molecule has 1 fully saturated rings. The van der Waals surface area contributed by atoms with E-state index in [0.717, 1.165) is 6.42 Å². The van der Waals surface area contributed by atoms with Gasteiger partial charge in [0.15, 0.2) is 0 Å². The average Bonchev–Trinajstić information content (AvgIpc) is 2.75. The van der Waals surface area contributed by atoms with Crippen LogP contribution in [0, 0.1) is 11.8 Å². The number of benzene rings is 1. The molecule has 3 rings (SSSR count). The Kier molecular flexibility index (Phi) is 1.67. The van der Waals surface area contributed by atoms with Gasteiger partial charge in [-0.1, -0.05) is 42.5 Å². The minimum absolute atomic E-state index is 0.251. The minimum Gasteiger partial charge on any atom is -0.298 e. The topological polar surface area (TPSA) is 17.1 Å². The number of Topliss-reactive ketones (excluding diaryl/α,β-unsaturated/α-hetero) is 1. The first-order valence-corrected chi connectivity index (χ1v) is 5.51. The van der Waals surface area contributed by atoms with Crippen molar-refractivity contribution in [2.45, 2.75) is 18.8 Å². The highest BCUT2D eigenvalue weighted by Crippen LogP contribution is 2.54. The lowest BCUT2D eigenvalue weighted by Crippen LogP contribution is -2.56. The molecular weight excluding hydrogens is 184 g/mol. The van der Waals surface area contributed by atoms with E-state index in [2.05, 4.69) is 31.2 Å². The molecule has 0 N–H and O–H groups in total. The maximum Gasteiger partial charge on any atom is 0.147 e. The summed E-state index contributed by atoms with van der Waals surface area (Å²) < 4.78 is 0. The predicted molar refractivity (Wildman–Crippen MR) is 59.5 cm³/mol. The molecule has 0 saturated heterocycles. The normalized spacial score (nSPS) is 37.5. The second-order valence-corrected chi connectivity index (χ2v) is 4.73. The molecule has 76 valence electrons. The summed E-state index contributed by atoms with van der Waals surface area (Å²) in [5, 5.41) is 0. The van der Waals surface area contributed by atoms with Crippen molar-refractivity contribution in [3.05, 3.63) is 48.0 Å². The van der Waals surface area contributed by atoms with Gasteiger partial charge in [0.25, 0.3) is 0 Å². The fraction of sp³-hybridized carbons (Fsp3) is 0.357. The Bertz CT molecular complexity index is 432. The molecule has 0 radical (unpaired) electrons. The highest BCUT2D eigenvalue weighted by molar-refractivity contribution is 6.00. The summed E-state index contributed by atoms with van der Waals surface area (Å²) in [6.07, 6.45) is 5.33. The van der Waals surface area contributed by atoms with E-state index in [4.69, 9.17) is 0 Å². The van der Waals surface area contributed by atoms with Gasteiger partial charge in [-0.15, -0.1) is 0 Å². The van der Waals surface area contributed by atoms with Crippen LogP contribution in [0.25, 0.3) is 0 Å². The number of hydrogen-bond donors (Lipinski definition) is 0. The van der Waals surface area contributed by atoms with E-state index in [1.807, 2.05) is 18.2 Å². The summed E-state index contributed by atoms with van der Waals surface area (Å²) in [6, 6.07) is 10.2. The summed E-state index contributed by atoms with van der Waals surface area (Å²) in [6.45, 7) is 2.08. The Morgan fingerprint density at radius 1 is 1.27 bits per heavy atom. The molecule has 0 aliphatic heterocycles. The van der Waals surface area contributed by atoms with E-state index < -0.39 is 0 Å². The molecule has 1 aromatic carbocycles. The standard InChI is InChI=1S/C14H14O/c1-14(10-6-3-2-4-7-10)12-9-5-8-11(12)13(14)15/h2-7,9,11-12H,8H2,1H3/t11-,12+,14+/m1/s1. The molecule has 0 aromatic heterocycles. The largest absolute Gasteiger partial charge is 0.298 e. The van der Waals surface area contributed by atoms with Gasteiger partial charge >= 0.3 is 0 Å². The van der Waals surface area contributed by atoms with Crippen molar-refractivity contribution in [1.82, 2.24) is 0 Å². The number of carbonyl (C=O) groups excluding carboxylic acids is 1. The van der Waals surface area contributed by atoms with E-state index in [0.29, 0.717) is 11.7 Å². The Morgan fingerprint density at radius 2 is 2.00 bits per heavy atom. The van der Waals surface area contributed by atoms with Gasteiger partial charge in [0.1, 0.15) is 5.78 Å². The molecule has 1 heteroatoms. The maximum atomic E-state index is 12.1. The van der Waals surface area contributed by atoms with Gasteiger partial charge in [-0.05, 0) is 18.9 Å². The van der Waals surface area contributed by atoms with E-state index in [1.165, 1.54) is 5.56 Å². The van der Waals surface area contributed by atoms with Crippen LogP contribution in [-0.4, -0.2) is 5.78 Å². The lowest BCUT2D eigenvalue weighted by molar-refractivity contribution is -0.141. The molecule has 3 atom stereocenters. The molecular formula is C14H14O. The average molecular weight is 198 g/mol. The van der Waals surface area contributed by atoms with Gasteiger partial charge in [-0.25, -0.2) is 0 Å². The van der Waals surface area contributed by atoms with Crippen LogP contribution < -0.4 is 0 Å². The number of allylic oxidation sites excluding steroid dienone is 2. The molecule has 2 aliphatic rings. The third kappa shape index (κ3) is 0.956. The van der Waals surface area contributed by atoms with E-state index in [9.17, 15) is 4.79 Å². The number of ketones is 1. The first-order chi connectivity index (χ1) is 7.24. The molecule has 0 heterocycles. The highest BCUT2D eigenvalue weighted by atomic mass is 16.1. The van der Waals surface area contributed by atoms with E-state index in [-0.39, 0.29) is 11.3 Å². The third-order valence-electron chi connectivity index (χ3n) is 4.06. The van der Waals surface area contributed by atoms with Crippen LogP contribution >= 0.6 is 0 Å². The minimum atomic E-state index is -0.251. The fourth-order valence-electron chi connectivity index (χ4n) is 3.09. The van der Waals surface area contributed by atoms with Crippen molar-refractivity contribution in [1.29, 1.82) is 0 Å². The van der Waals surface area contributed by atoms with Gasteiger partial charge in [-0.2, -0.15) is 0 Å². The second-order valence-electron chi connectivity index (χ2n) is 4.73. The quantitative estimate of drug-likeness (QED) is 0.634. The Morgan fingerprint density at radius 3 is 2.73 bits per heavy atom. The van der Waals surface area contributed by atoms with Crippen molar-refractivity contribution < 1.29 is 4.79 Å². The van der Waals surface area contributed by atoms with Crippen molar-refractivity contribution in [3.8, 4) is 0 Å². The molecule has 1 saturated carbocycles. The molecule has 0 amide bonds.